The number of benzene rings is 1. The van der Waals surface area contributed by atoms with Crippen molar-refractivity contribution in [3.63, 3.8) is 0 Å². The first-order valence-corrected chi connectivity index (χ1v) is 12.8. The third-order valence-corrected chi connectivity index (χ3v) is 8.37. The van der Waals surface area contributed by atoms with Crippen LogP contribution in [0.15, 0.2) is 34.6 Å². The molecule has 1 aliphatic heterocycles. The summed E-state index contributed by atoms with van der Waals surface area (Å²) in [5.41, 5.74) is 3.06. The second kappa shape index (κ2) is 7.78. The van der Waals surface area contributed by atoms with Crippen molar-refractivity contribution in [1.82, 2.24) is 19.6 Å². The van der Waals surface area contributed by atoms with Gasteiger partial charge < -0.3 is 4.74 Å². The summed E-state index contributed by atoms with van der Waals surface area (Å²) in [5, 5.41) is 11.9. The topological polar surface area (TPSA) is 52.3 Å². The molecule has 1 aliphatic rings. The molecule has 30 heavy (non-hydrogen) atoms. The minimum Gasteiger partial charge on any atom is -0.369 e. The summed E-state index contributed by atoms with van der Waals surface area (Å²) in [6, 6.07) is 6.58. The number of thioether (sulfide) groups is 2. The lowest BCUT2D eigenvalue weighted by Crippen LogP contribution is -2.33. The maximum atomic E-state index is 13.2. The third-order valence-electron chi connectivity index (χ3n) is 5.63. The van der Waals surface area contributed by atoms with E-state index >= 15 is 0 Å². The fraction of sp³-hybridized carbons (Fsp3) is 0.381. The highest BCUT2D eigenvalue weighted by Gasteiger charge is 2.33. The molecule has 1 aromatic carbocycles. The number of halogens is 1. The van der Waals surface area contributed by atoms with E-state index in [9.17, 15) is 4.39 Å². The van der Waals surface area contributed by atoms with Crippen LogP contribution >= 0.6 is 34.9 Å². The molecule has 4 heterocycles. The molecule has 0 N–H and O–H groups in total. The van der Waals surface area contributed by atoms with Crippen LogP contribution in [0, 0.1) is 5.82 Å². The average Bonchev–Trinajstić information content (AvgIpc) is 3.33. The Kier molecular flexibility index (Phi) is 5.25. The van der Waals surface area contributed by atoms with E-state index in [4.69, 9.17) is 9.72 Å². The molecule has 3 aromatic heterocycles. The zero-order chi connectivity index (χ0) is 20.9. The van der Waals surface area contributed by atoms with Gasteiger partial charge in [0, 0.05) is 17.1 Å². The van der Waals surface area contributed by atoms with Gasteiger partial charge in [-0.1, -0.05) is 42.6 Å². The van der Waals surface area contributed by atoms with Crippen molar-refractivity contribution < 1.29 is 9.13 Å². The highest BCUT2D eigenvalue weighted by molar-refractivity contribution is 7.99. The van der Waals surface area contributed by atoms with Gasteiger partial charge in [0.1, 0.15) is 10.6 Å². The van der Waals surface area contributed by atoms with E-state index in [1.165, 1.54) is 22.6 Å². The van der Waals surface area contributed by atoms with Crippen molar-refractivity contribution in [3.05, 3.63) is 46.1 Å². The minimum atomic E-state index is -0.224. The van der Waals surface area contributed by atoms with Gasteiger partial charge in [-0.3, -0.25) is 0 Å². The summed E-state index contributed by atoms with van der Waals surface area (Å²) in [7, 11) is 0. The second-order valence-corrected chi connectivity index (χ2v) is 10.4. The Morgan fingerprint density at radius 2 is 2.03 bits per heavy atom. The van der Waals surface area contributed by atoms with Crippen LogP contribution in [0.1, 0.15) is 36.3 Å². The molecule has 0 aliphatic carbocycles. The van der Waals surface area contributed by atoms with E-state index in [0.29, 0.717) is 12.4 Å². The van der Waals surface area contributed by atoms with Gasteiger partial charge in [0.15, 0.2) is 16.0 Å². The van der Waals surface area contributed by atoms with Crippen molar-refractivity contribution in [3.8, 4) is 0 Å². The Bertz CT molecular complexity index is 1240. The van der Waals surface area contributed by atoms with Gasteiger partial charge in [0.2, 0.25) is 0 Å². The van der Waals surface area contributed by atoms with Crippen molar-refractivity contribution in [2.24, 2.45) is 0 Å². The zero-order valence-electron chi connectivity index (χ0n) is 16.9. The summed E-state index contributed by atoms with van der Waals surface area (Å²) < 4.78 is 21.4. The largest absolute Gasteiger partial charge is 0.369 e. The van der Waals surface area contributed by atoms with E-state index in [1.54, 1.807) is 47.0 Å². The van der Waals surface area contributed by atoms with Crippen LogP contribution in [-0.2, 0) is 23.5 Å². The SMILES string of the molecule is CC[C@@]1(C)Cc2c(sc3nc(SC)n4c(SCc5ccc(F)cc5)nnc4c23)CO1. The fourth-order valence-electron chi connectivity index (χ4n) is 3.70. The average molecular weight is 461 g/mol. The number of hydrogen-bond donors (Lipinski definition) is 0. The van der Waals surface area contributed by atoms with Crippen LogP contribution in [0.25, 0.3) is 15.9 Å². The molecule has 9 heteroatoms. The zero-order valence-corrected chi connectivity index (χ0v) is 19.4. The van der Waals surface area contributed by atoms with Gasteiger partial charge in [-0.05, 0) is 42.9 Å². The number of nitrogens with zero attached hydrogens (tertiary/aromatic N) is 4. The molecule has 5 nitrogen and oxygen atoms in total. The minimum absolute atomic E-state index is 0.156. The first-order chi connectivity index (χ1) is 14.5. The molecule has 1 atom stereocenters. The summed E-state index contributed by atoms with van der Waals surface area (Å²) in [4.78, 5) is 7.19. The van der Waals surface area contributed by atoms with Gasteiger partial charge in [-0.2, -0.15) is 0 Å². The van der Waals surface area contributed by atoms with Gasteiger partial charge in [0.05, 0.1) is 17.6 Å². The van der Waals surface area contributed by atoms with Gasteiger partial charge >= 0.3 is 0 Å². The van der Waals surface area contributed by atoms with E-state index in [-0.39, 0.29) is 11.4 Å². The monoisotopic (exact) mass is 460 g/mol. The first kappa shape index (κ1) is 20.2. The predicted molar refractivity (Wildman–Crippen MR) is 121 cm³/mol. The molecular formula is C21H21FN4OS3. The van der Waals surface area contributed by atoms with Crippen LogP contribution < -0.4 is 0 Å². The lowest BCUT2D eigenvalue weighted by molar-refractivity contribution is -0.0542. The van der Waals surface area contributed by atoms with Gasteiger partial charge in [0.25, 0.3) is 0 Å². The maximum Gasteiger partial charge on any atom is 0.198 e. The molecule has 4 aromatic rings. The highest BCUT2D eigenvalue weighted by atomic mass is 32.2. The fourth-order valence-corrected chi connectivity index (χ4v) is 6.34. The van der Waals surface area contributed by atoms with Crippen molar-refractivity contribution in [2.75, 3.05) is 6.26 Å². The highest BCUT2D eigenvalue weighted by Crippen LogP contribution is 2.42. The van der Waals surface area contributed by atoms with Crippen LogP contribution in [0.4, 0.5) is 4.39 Å². The molecule has 5 rings (SSSR count). The standard InChI is InChI=1S/C21H21FN4OS3/c1-4-21(2)9-14-15(10-27-21)30-18-16(14)17-24-25-20(26(17)19(23-18)28-3)29-11-12-5-7-13(22)8-6-12/h5-8H,4,9-11H2,1-3H3/t21-/m0/s1. The molecule has 156 valence electrons. The van der Waals surface area contributed by atoms with E-state index in [1.807, 2.05) is 6.26 Å². The van der Waals surface area contributed by atoms with Crippen molar-refractivity contribution in [1.29, 1.82) is 0 Å². The summed E-state index contributed by atoms with van der Waals surface area (Å²) in [6.07, 6.45) is 3.84. The number of thiophene rings is 1. The molecule has 0 saturated heterocycles. The summed E-state index contributed by atoms with van der Waals surface area (Å²) >= 11 is 4.88. The molecule has 0 spiro atoms. The lowest BCUT2D eigenvalue weighted by atomic mass is 9.90. The normalized spacial score (nSPS) is 18.9. The van der Waals surface area contributed by atoms with Crippen LogP contribution in [-0.4, -0.2) is 31.4 Å². The predicted octanol–water partition coefficient (Wildman–Crippen LogP) is 5.73. The van der Waals surface area contributed by atoms with E-state index in [2.05, 4.69) is 28.4 Å². The Hall–Kier alpha value is -1.68. The van der Waals surface area contributed by atoms with E-state index < -0.39 is 0 Å². The Morgan fingerprint density at radius 3 is 2.77 bits per heavy atom. The Labute approximate surface area is 186 Å². The molecular weight excluding hydrogens is 439 g/mol. The van der Waals surface area contributed by atoms with Gasteiger partial charge in [-0.15, -0.1) is 21.5 Å². The quantitative estimate of drug-likeness (QED) is 0.280. The van der Waals surface area contributed by atoms with Gasteiger partial charge in [-0.25, -0.2) is 13.8 Å². The number of fused-ring (bicyclic) bond motifs is 5. The molecule has 0 radical (unpaired) electrons. The Balaban J connectivity index is 1.60. The Morgan fingerprint density at radius 1 is 1.23 bits per heavy atom. The van der Waals surface area contributed by atoms with Crippen LogP contribution in [0.3, 0.4) is 0 Å². The maximum absolute atomic E-state index is 13.2. The van der Waals surface area contributed by atoms with Crippen LogP contribution in [0.5, 0.6) is 0 Å². The molecule has 0 amide bonds. The van der Waals surface area contributed by atoms with Crippen molar-refractivity contribution in [2.45, 2.75) is 55.0 Å². The number of hydrogen-bond acceptors (Lipinski definition) is 7. The molecule has 0 saturated carbocycles. The second-order valence-electron chi connectivity index (χ2n) is 7.61. The number of ether oxygens (including phenoxy) is 1. The lowest BCUT2D eigenvalue weighted by Gasteiger charge is -2.32. The number of aromatic nitrogens is 4. The van der Waals surface area contributed by atoms with Crippen LogP contribution in [0.2, 0.25) is 0 Å². The first-order valence-electron chi connectivity index (χ1n) is 9.76. The third kappa shape index (κ3) is 3.41. The smallest absolute Gasteiger partial charge is 0.198 e. The number of rotatable bonds is 5. The van der Waals surface area contributed by atoms with E-state index in [0.717, 1.165) is 44.6 Å². The molecule has 0 fully saturated rings. The summed E-state index contributed by atoms with van der Waals surface area (Å²) in [6.45, 7) is 4.97. The summed E-state index contributed by atoms with van der Waals surface area (Å²) in [5.74, 6) is 0.467. The molecule has 0 bridgehead atoms. The van der Waals surface area contributed by atoms with Crippen molar-refractivity contribution >= 4 is 50.7 Å². The molecule has 0 unspecified atom stereocenters.